The summed E-state index contributed by atoms with van der Waals surface area (Å²) in [6, 6.07) is 15.7. The quantitative estimate of drug-likeness (QED) is 0.399. The first-order chi connectivity index (χ1) is 15.9. The van der Waals surface area contributed by atoms with Crippen molar-refractivity contribution in [3.63, 3.8) is 0 Å². The highest BCUT2D eigenvalue weighted by Crippen LogP contribution is 2.39. The number of fused-ring (bicyclic) bond motifs is 2. The SMILES string of the molecule is COc1cc(-c2ccc3c(c2)Nc2ccc(N4CCCC4O)cc2NC3=O)ccc1[N+](=O)[O-]. The molecule has 1 amide bonds. The average Bonchev–Trinajstić information content (AvgIpc) is 3.19. The lowest BCUT2D eigenvalue weighted by Gasteiger charge is -2.23. The van der Waals surface area contributed by atoms with Crippen LogP contribution >= 0.6 is 0 Å². The van der Waals surface area contributed by atoms with Crippen molar-refractivity contribution in [2.75, 3.05) is 29.2 Å². The van der Waals surface area contributed by atoms with E-state index in [9.17, 15) is 20.0 Å². The molecule has 1 fully saturated rings. The van der Waals surface area contributed by atoms with Gasteiger partial charge in [-0.2, -0.15) is 0 Å². The normalized spacial score (nSPS) is 16.8. The minimum atomic E-state index is -0.518. The molecule has 3 N–H and O–H groups in total. The van der Waals surface area contributed by atoms with Crippen molar-refractivity contribution in [3.8, 4) is 16.9 Å². The Kier molecular flexibility index (Phi) is 5.10. The number of methoxy groups -OCH3 is 1. The van der Waals surface area contributed by atoms with Crippen LogP contribution in [0.1, 0.15) is 23.2 Å². The number of hydrogen-bond acceptors (Lipinski definition) is 7. The zero-order valence-electron chi connectivity index (χ0n) is 17.9. The molecular weight excluding hydrogens is 424 g/mol. The monoisotopic (exact) mass is 446 g/mol. The molecular formula is C24H22N4O5. The predicted octanol–water partition coefficient (Wildman–Crippen LogP) is 4.50. The van der Waals surface area contributed by atoms with Crippen LogP contribution in [0.4, 0.5) is 28.4 Å². The van der Waals surface area contributed by atoms with Crippen molar-refractivity contribution in [2.24, 2.45) is 0 Å². The Morgan fingerprint density at radius 1 is 1.03 bits per heavy atom. The number of ether oxygens (including phenoxy) is 1. The summed E-state index contributed by atoms with van der Waals surface area (Å²) in [6.45, 7) is 0.767. The van der Waals surface area contributed by atoms with Crippen molar-refractivity contribution < 1.29 is 19.6 Å². The lowest BCUT2D eigenvalue weighted by Crippen LogP contribution is -2.28. The third kappa shape index (κ3) is 3.72. The maximum Gasteiger partial charge on any atom is 0.310 e. The number of nitro groups is 1. The van der Waals surface area contributed by atoms with Gasteiger partial charge in [0.25, 0.3) is 5.91 Å². The zero-order chi connectivity index (χ0) is 23.1. The Bertz CT molecular complexity index is 1280. The number of anilines is 4. The lowest BCUT2D eigenvalue weighted by molar-refractivity contribution is -0.385. The predicted molar refractivity (Wildman–Crippen MR) is 125 cm³/mol. The fourth-order valence-electron chi connectivity index (χ4n) is 4.34. The van der Waals surface area contributed by atoms with E-state index in [-0.39, 0.29) is 17.3 Å². The molecule has 9 nitrogen and oxygen atoms in total. The van der Waals surface area contributed by atoms with Gasteiger partial charge in [-0.25, -0.2) is 0 Å². The molecule has 1 unspecified atom stereocenters. The van der Waals surface area contributed by atoms with Crippen LogP contribution in [0.25, 0.3) is 11.1 Å². The van der Waals surface area contributed by atoms with Gasteiger partial charge in [0.1, 0.15) is 6.23 Å². The second-order valence-electron chi connectivity index (χ2n) is 8.03. The average molecular weight is 446 g/mol. The summed E-state index contributed by atoms with van der Waals surface area (Å²) in [4.78, 5) is 25.5. The van der Waals surface area contributed by atoms with Crippen LogP contribution in [0.15, 0.2) is 54.6 Å². The highest BCUT2D eigenvalue weighted by atomic mass is 16.6. The number of carbonyl (C=O) groups excluding carboxylic acids is 1. The summed E-state index contributed by atoms with van der Waals surface area (Å²) in [5.74, 6) is -0.0803. The fourth-order valence-corrected chi connectivity index (χ4v) is 4.34. The first kappa shape index (κ1) is 20.8. The van der Waals surface area contributed by atoms with Gasteiger partial charge in [0.05, 0.1) is 34.7 Å². The van der Waals surface area contributed by atoms with Crippen LogP contribution < -0.4 is 20.3 Å². The summed E-state index contributed by atoms with van der Waals surface area (Å²) in [7, 11) is 1.39. The van der Waals surface area contributed by atoms with E-state index < -0.39 is 11.2 Å². The van der Waals surface area contributed by atoms with Crippen LogP contribution in [-0.4, -0.2) is 35.8 Å². The topological polar surface area (TPSA) is 117 Å². The van der Waals surface area contributed by atoms with Crippen molar-refractivity contribution in [1.29, 1.82) is 0 Å². The molecule has 2 aliphatic heterocycles. The highest BCUT2D eigenvalue weighted by molar-refractivity contribution is 6.12. The molecule has 1 saturated heterocycles. The van der Waals surface area contributed by atoms with Crippen LogP contribution in [0.3, 0.4) is 0 Å². The molecule has 168 valence electrons. The Morgan fingerprint density at radius 3 is 2.55 bits per heavy atom. The number of nitrogens with zero attached hydrogens (tertiary/aromatic N) is 2. The van der Waals surface area contributed by atoms with Crippen molar-refractivity contribution >= 4 is 34.3 Å². The first-order valence-electron chi connectivity index (χ1n) is 10.6. The number of rotatable bonds is 4. The third-order valence-corrected chi connectivity index (χ3v) is 6.05. The number of hydrogen-bond donors (Lipinski definition) is 3. The molecule has 2 aliphatic rings. The first-order valence-corrected chi connectivity index (χ1v) is 10.6. The van der Waals surface area contributed by atoms with E-state index in [1.54, 1.807) is 24.3 Å². The molecule has 0 aromatic heterocycles. The smallest absolute Gasteiger partial charge is 0.310 e. The van der Waals surface area contributed by atoms with Crippen LogP contribution in [0, 0.1) is 10.1 Å². The molecule has 3 aromatic rings. The van der Waals surface area contributed by atoms with Crippen LogP contribution in [0.5, 0.6) is 5.75 Å². The van der Waals surface area contributed by atoms with Gasteiger partial charge in [-0.1, -0.05) is 6.07 Å². The number of nitro benzene ring substituents is 1. The van der Waals surface area contributed by atoms with Crippen LogP contribution in [0.2, 0.25) is 0 Å². The van der Waals surface area contributed by atoms with E-state index in [0.29, 0.717) is 16.9 Å². The number of benzene rings is 3. The Labute approximate surface area is 189 Å². The molecule has 3 aromatic carbocycles. The standard InChI is InChI=1S/C24H22N4O5/c1-33-22-12-15(5-9-21(22)28(31)32)14-4-7-17-19(11-14)25-18-8-6-16(13-20(18)26-24(17)30)27-10-2-3-23(27)29/h4-9,11-13,23,25,29H,2-3,10H2,1H3,(H,26,30). The maximum atomic E-state index is 12.9. The second-order valence-corrected chi connectivity index (χ2v) is 8.03. The summed E-state index contributed by atoms with van der Waals surface area (Å²) < 4.78 is 5.18. The van der Waals surface area contributed by atoms with Gasteiger partial charge < -0.3 is 25.4 Å². The maximum absolute atomic E-state index is 12.9. The van der Waals surface area contributed by atoms with Gasteiger partial charge in [-0.05, 0) is 66.4 Å². The number of nitrogens with one attached hydrogen (secondary N) is 2. The lowest BCUT2D eigenvalue weighted by atomic mass is 10.0. The van der Waals surface area contributed by atoms with E-state index in [1.165, 1.54) is 13.2 Å². The largest absolute Gasteiger partial charge is 0.490 e. The molecule has 0 bridgehead atoms. The Hall–Kier alpha value is -4.11. The molecule has 5 rings (SSSR count). The van der Waals surface area contributed by atoms with Gasteiger partial charge in [0, 0.05) is 18.3 Å². The summed E-state index contributed by atoms with van der Waals surface area (Å²) in [5.41, 5.74) is 4.71. The van der Waals surface area contributed by atoms with E-state index in [2.05, 4.69) is 10.6 Å². The molecule has 9 heteroatoms. The third-order valence-electron chi connectivity index (χ3n) is 6.05. The van der Waals surface area contributed by atoms with Gasteiger partial charge >= 0.3 is 5.69 Å². The molecule has 1 atom stereocenters. The molecule has 0 radical (unpaired) electrons. The number of aliphatic hydroxyl groups is 1. The fraction of sp³-hybridized carbons (Fsp3) is 0.208. The van der Waals surface area contributed by atoms with Gasteiger partial charge in [0.15, 0.2) is 5.75 Å². The van der Waals surface area contributed by atoms with E-state index in [1.807, 2.05) is 29.2 Å². The summed E-state index contributed by atoms with van der Waals surface area (Å²) in [5, 5.41) is 27.7. The Morgan fingerprint density at radius 2 is 1.82 bits per heavy atom. The summed E-state index contributed by atoms with van der Waals surface area (Å²) in [6.07, 6.45) is 1.13. The molecule has 0 aliphatic carbocycles. The number of amides is 1. The van der Waals surface area contributed by atoms with Crippen molar-refractivity contribution in [3.05, 3.63) is 70.3 Å². The van der Waals surface area contributed by atoms with Gasteiger partial charge in [0.2, 0.25) is 0 Å². The minimum Gasteiger partial charge on any atom is -0.490 e. The highest BCUT2D eigenvalue weighted by Gasteiger charge is 2.25. The van der Waals surface area contributed by atoms with Gasteiger partial charge in [-0.3, -0.25) is 14.9 Å². The number of aliphatic hydroxyl groups excluding tert-OH is 1. The molecule has 2 heterocycles. The molecule has 0 saturated carbocycles. The van der Waals surface area contributed by atoms with Gasteiger partial charge in [-0.15, -0.1) is 0 Å². The van der Waals surface area contributed by atoms with Crippen molar-refractivity contribution in [2.45, 2.75) is 19.1 Å². The Balaban J connectivity index is 1.50. The van der Waals surface area contributed by atoms with E-state index >= 15 is 0 Å². The second kappa shape index (κ2) is 8.10. The van der Waals surface area contributed by atoms with Crippen LogP contribution in [-0.2, 0) is 0 Å². The van der Waals surface area contributed by atoms with Crippen molar-refractivity contribution in [1.82, 2.24) is 0 Å². The zero-order valence-corrected chi connectivity index (χ0v) is 17.9. The number of carbonyl (C=O) groups is 1. The van der Waals surface area contributed by atoms with E-state index in [4.69, 9.17) is 4.74 Å². The molecule has 0 spiro atoms. The minimum absolute atomic E-state index is 0.110. The summed E-state index contributed by atoms with van der Waals surface area (Å²) >= 11 is 0. The molecule has 33 heavy (non-hydrogen) atoms. The van der Waals surface area contributed by atoms with E-state index in [0.717, 1.165) is 41.9 Å².